The fraction of sp³-hybridized carbons (Fsp3) is 0.125. The summed E-state index contributed by atoms with van der Waals surface area (Å²) < 4.78 is 0. The van der Waals surface area contributed by atoms with E-state index in [1.807, 2.05) is 0 Å². The molecule has 1 amide bonds. The van der Waals surface area contributed by atoms with Gasteiger partial charge in [0.05, 0.1) is 6.42 Å². The average molecular weight is 165 g/mol. The molecule has 62 valence electrons. The fourth-order valence-corrected chi connectivity index (χ4v) is 1.14. The van der Waals surface area contributed by atoms with Crippen molar-refractivity contribution in [3.63, 3.8) is 0 Å². The molecule has 1 aromatic carbocycles. The molecule has 2 rings (SSSR count). The highest BCUT2D eigenvalue weighted by atomic mass is 16.7. The summed E-state index contributed by atoms with van der Waals surface area (Å²) in [6, 6.07) is 4.88. The highest BCUT2D eigenvalue weighted by Crippen LogP contribution is 2.29. The summed E-state index contributed by atoms with van der Waals surface area (Å²) in [5.41, 5.74) is 2.76. The number of benzene rings is 1. The van der Waals surface area contributed by atoms with Crippen molar-refractivity contribution in [1.29, 1.82) is 0 Å². The molecule has 4 nitrogen and oxygen atoms in total. The lowest BCUT2D eigenvalue weighted by atomic mass is 10.1. The van der Waals surface area contributed by atoms with Crippen molar-refractivity contribution in [3.05, 3.63) is 23.8 Å². The molecule has 0 fully saturated rings. The smallest absolute Gasteiger partial charge is 0.257 e. The Morgan fingerprint density at radius 3 is 3.17 bits per heavy atom. The molecule has 1 aromatic rings. The minimum absolute atomic E-state index is 0.0994. The maximum Gasteiger partial charge on any atom is 0.257 e. The van der Waals surface area contributed by atoms with E-state index in [4.69, 9.17) is 4.84 Å². The third-order valence-corrected chi connectivity index (χ3v) is 1.72. The summed E-state index contributed by atoms with van der Waals surface area (Å²) >= 11 is 0. The number of carbonyl (C=O) groups is 1. The standard InChI is InChI=1S/C8H7NO3/c10-6-2-1-3-7-5(6)4-8(11)9-12-7/h1-3,10H,4H2,(H,9,11). The Morgan fingerprint density at radius 2 is 2.33 bits per heavy atom. The van der Waals surface area contributed by atoms with Gasteiger partial charge in [0, 0.05) is 5.56 Å². The van der Waals surface area contributed by atoms with Crippen LogP contribution in [0.4, 0.5) is 0 Å². The predicted octanol–water partition coefficient (Wildman–Crippen LogP) is 0.358. The Morgan fingerprint density at radius 1 is 1.50 bits per heavy atom. The first-order valence-electron chi connectivity index (χ1n) is 3.54. The van der Waals surface area contributed by atoms with Crippen LogP contribution in [0.15, 0.2) is 18.2 Å². The van der Waals surface area contributed by atoms with E-state index in [9.17, 15) is 9.90 Å². The quantitative estimate of drug-likeness (QED) is 0.583. The molecule has 0 saturated carbocycles. The molecule has 0 radical (unpaired) electrons. The Bertz CT molecular complexity index is 335. The lowest BCUT2D eigenvalue weighted by molar-refractivity contribution is -0.128. The maximum atomic E-state index is 10.8. The number of hydrogen-bond acceptors (Lipinski definition) is 3. The molecule has 0 spiro atoms. The van der Waals surface area contributed by atoms with Gasteiger partial charge in [-0.3, -0.25) is 4.79 Å². The van der Waals surface area contributed by atoms with E-state index >= 15 is 0 Å². The number of carbonyl (C=O) groups excluding carboxylic acids is 1. The van der Waals surface area contributed by atoms with Crippen LogP contribution in [-0.4, -0.2) is 11.0 Å². The number of hydrogen-bond donors (Lipinski definition) is 2. The molecule has 12 heavy (non-hydrogen) atoms. The van der Waals surface area contributed by atoms with Gasteiger partial charge in [-0.05, 0) is 12.1 Å². The molecule has 0 bridgehead atoms. The third kappa shape index (κ3) is 0.972. The van der Waals surface area contributed by atoms with Crippen LogP contribution in [-0.2, 0) is 11.2 Å². The van der Waals surface area contributed by atoms with Gasteiger partial charge in [-0.25, -0.2) is 0 Å². The van der Waals surface area contributed by atoms with E-state index in [0.29, 0.717) is 11.3 Å². The van der Waals surface area contributed by atoms with Gasteiger partial charge < -0.3 is 9.94 Å². The van der Waals surface area contributed by atoms with Crippen LogP contribution in [0.25, 0.3) is 0 Å². The molecule has 0 unspecified atom stereocenters. The number of phenolic OH excluding ortho intramolecular Hbond substituents is 1. The van der Waals surface area contributed by atoms with Crippen molar-refractivity contribution >= 4 is 5.91 Å². The number of amides is 1. The van der Waals surface area contributed by atoms with Gasteiger partial charge in [0.1, 0.15) is 5.75 Å². The lowest BCUT2D eigenvalue weighted by Gasteiger charge is -2.16. The summed E-state index contributed by atoms with van der Waals surface area (Å²) in [5.74, 6) is 0.362. The normalized spacial score (nSPS) is 14.5. The van der Waals surface area contributed by atoms with Crippen LogP contribution in [0.1, 0.15) is 5.56 Å². The molecular weight excluding hydrogens is 158 g/mol. The minimum Gasteiger partial charge on any atom is -0.508 e. The van der Waals surface area contributed by atoms with Gasteiger partial charge in [0.2, 0.25) is 0 Å². The molecule has 1 aliphatic rings. The van der Waals surface area contributed by atoms with Gasteiger partial charge in [0.25, 0.3) is 5.91 Å². The minimum atomic E-state index is -0.246. The first-order valence-corrected chi connectivity index (χ1v) is 3.54. The van der Waals surface area contributed by atoms with Gasteiger partial charge in [-0.15, -0.1) is 0 Å². The Balaban J connectivity index is 2.50. The monoisotopic (exact) mass is 165 g/mol. The maximum absolute atomic E-state index is 10.8. The molecule has 1 heterocycles. The Kier molecular flexibility index (Phi) is 1.40. The van der Waals surface area contributed by atoms with Crippen molar-refractivity contribution in [3.8, 4) is 11.5 Å². The van der Waals surface area contributed by atoms with Gasteiger partial charge in [-0.1, -0.05) is 6.07 Å². The molecule has 0 atom stereocenters. The molecule has 1 aliphatic heterocycles. The Hall–Kier alpha value is -1.71. The van der Waals surface area contributed by atoms with Crippen LogP contribution in [0.3, 0.4) is 0 Å². The van der Waals surface area contributed by atoms with E-state index in [0.717, 1.165) is 0 Å². The highest BCUT2D eigenvalue weighted by Gasteiger charge is 2.18. The topological polar surface area (TPSA) is 58.6 Å². The van der Waals surface area contributed by atoms with Crippen LogP contribution in [0.2, 0.25) is 0 Å². The van der Waals surface area contributed by atoms with Crippen LogP contribution in [0, 0.1) is 0 Å². The SMILES string of the molecule is O=C1Cc2c(O)cccc2ON1. The second kappa shape index (κ2) is 2.41. The second-order valence-corrected chi connectivity index (χ2v) is 2.56. The average Bonchev–Trinajstić information content (AvgIpc) is 2.07. The summed E-state index contributed by atoms with van der Waals surface area (Å²) in [5, 5.41) is 9.31. The van der Waals surface area contributed by atoms with Gasteiger partial charge >= 0.3 is 0 Å². The number of aromatic hydroxyl groups is 1. The summed E-state index contributed by atoms with van der Waals surface area (Å²) in [7, 11) is 0. The molecule has 0 aromatic heterocycles. The lowest BCUT2D eigenvalue weighted by Crippen LogP contribution is -2.33. The highest BCUT2D eigenvalue weighted by molar-refractivity contribution is 5.81. The summed E-state index contributed by atoms with van der Waals surface area (Å²) in [6.45, 7) is 0. The van der Waals surface area contributed by atoms with E-state index in [-0.39, 0.29) is 18.1 Å². The zero-order chi connectivity index (χ0) is 8.55. The van der Waals surface area contributed by atoms with Crippen molar-refractivity contribution in [2.24, 2.45) is 0 Å². The number of fused-ring (bicyclic) bond motifs is 1. The van der Waals surface area contributed by atoms with E-state index in [1.54, 1.807) is 12.1 Å². The number of hydroxylamine groups is 1. The zero-order valence-electron chi connectivity index (χ0n) is 6.20. The second-order valence-electron chi connectivity index (χ2n) is 2.56. The molecule has 0 saturated heterocycles. The van der Waals surface area contributed by atoms with Gasteiger partial charge in [0.15, 0.2) is 5.75 Å². The summed E-state index contributed by atoms with van der Waals surface area (Å²) in [4.78, 5) is 15.7. The van der Waals surface area contributed by atoms with Crippen LogP contribution >= 0.6 is 0 Å². The van der Waals surface area contributed by atoms with Crippen molar-refractivity contribution in [2.75, 3.05) is 0 Å². The zero-order valence-corrected chi connectivity index (χ0v) is 6.20. The molecule has 0 aliphatic carbocycles. The van der Waals surface area contributed by atoms with Crippen molar-refractivity contribution in [2.45, 2.75) is 6.42 Å². The first-order chi connectivity index (χ1) is 5.77. The van der Waals surface area contributed by atoms with E-state index < -0.39 is 0 Å². The Labute approximate surface area is 68.7 Å². The number of phenols is 1. The largest absolute Gasteiger partial charge is 0.508 e. The van der Waals surface area contributed by atoms with E-state index in [2.05, 4.69) is 5.48 Å². The van der Waals surface area contributed by atoms with Gasteiger partial charge in [-0.2, -0.15) is 5.48 Å². The first kappa shape index (κ1) is 6.97. The van der Waals surface area contributed by atoms with Crippen molar-refractivity contribution in [1.82, 2.24) is 5.48 Å². The van der Waals surface area contributed by atoms with E-state index in [1.165, 1.54) is 6.07 Å². The number of nitrogens with one attached hydrogen (secondary N) is 1. The van der Waals surface area contributed by atoms with Crippen LogP contribution in [0.5, 0.6) is 11.5 Å². The summed E-state index contributed by atoms with van der Waals surface area (Å²) in [6.07, 6.45) is 0.169. The molecule has 4 heteroatoms. The fourth-order valence-electron chi connectivity index (χ4n) is 1.14. The van der Waals surface area contributed by atoms with Crippen molar-refractivity contribution < 1.29 is 14.7 Å². The molecule has 2 N–H and O–H groups in total. The molecular formula is C8H7NO3. The third-order valence-electron chi connectivity index (χ3n) is 1.72. The predicted molar refractivity (Wildman–Crippen MR) is 40.6 cm³/mol. The van der Waals surface area contributed by atoms with Crippen LogP contribution < -0.4 is 10.3 Å². The number of rotatable bonds is 0.